The van der Waals surface area contributed by atoms with Gasteiger partial charge in [-0.05, 0) is 29.8 Å². The van der Waals surface area contributed by atoms with Gasteiger partial charge < -0.3 is 9.80 Å². The molecule has 112 valence electrons. The van der Waals surface area contributed by atoms with Crippen molar-refractivity contribution in [1.82, 2.24) is 4.90 Å². The molecule has 4 nitrogen and oxygen atoms in total. The van der Waals surface area contributed by atoms with E-state index in [-0.39, 0.29) is 23.9 Å². The van der Waals surface area contributed by atoms with E-state index in [4.69, 9.17) is 0 Å². The number of halogens is 1. The smallest absolute Gasteiger partial charge is 0.254 e. The molecule has 1 aliphatic rings. The van der Waals surface area contributed by atoms with Crippen molar-refractivity contribution in [1.29, 1.82) is 0 Å². The van der Waals surface area contributed by atoms with Crippen molar-refractivity contribution in [2.24, 2.45) is 0 Å². The van der Waals surface area contributed by atoms with Crippen molar-refractivity contribution in [2.45, 2.75) is 6.54 Å². The molecule has 0 N–H and O–H groups in total. The predicted molar refractivity (Wildman–Crippen MR) is 81.0 cm³/mol. The Morgan fingerprint density at radius 1 is 1.09 bits per heavy atom. The fourth-order valence-electron chi connectivity index (χ4n) is 2.58. The molecule has 0 unspecified atom stereocenters. The lowest BCUT2D eigenvalue weighted by Crippen LogP contribution is -2.38. The highest BCUT2D eigenvalue weighted by Gasteiger charge is 2.27. The zero-order valence-electron chi connectivity index (χ0n) is 12.1. The minimum Gasteiger partial charge on any atom is -0.325 e. The Bertz CT molecular complexity index is 745. The van der Waals surface area contributed by atoms with Crippen molar-refractivity contribution in [3.63, 3.8) is 0 Å². The number of fused-ring (bicyclic) bond motifs is 1. The topological polar surface area (TPSA) is 40.6 Å². The summed E-state index contributed by atoms with van der Waals surface area (Å²) in [5, 5.41) is 0. The van der Waals surface area contributed by atoms with Crippen LogP contribution in [0.2, 0.25) is 0 Å². The molecular formula is C17H15FN2O2. The number of para-hydroxylation sites is 1. The number of carbonyl (C=O) groups excluding carboxylic acids is 2. The van der Waals surface area contributed by atoms with Crippen molar-refractivity contribution < 1.29 is 14.0 Å². The van der Waals surface area contributed by atoms with Gasteiger partial charge in [0.2, 0.25) is 5.91 Å². The fraction of sp³-hybridized carbons (Fsp3) is 0.176. The van der Waals surface area contributed by atoms with Gasteiger partial charge >= 0.3 is 0 Å². The maximum absolute atomic E-state index is 13.3. The Morgan fingerprint density at radius 3 is 2.64 bits per heavy atom. The molecule has 5 heteroatoms. The Morgan fingerprint density at radius 2 is 1.86 bits per heavy atom. The van der Waals surface area contributed by atoms with E-state index in [0.29, 0.717) is 6.54 Å². The maximum atomic E-state index is 13.3. The summed E-state index contributed by atoms with van der Waals surface area (Å²) in [5.41, 5.74) is 1.93. The maximum Gasteiger partial charge on any atom is 0.254 e. The number of amides is 2. The monoisotopic (exact) mass is 298 g/mol. The molecule has 2 amide bonds. The van der Waals surface area contributed by atoms with Crippen LogP contribution in [0.1, 0.15) is 15.9 Å². The normalized spacial score (nSPS) is 14.5. The first kappa shape index (κ1) is 14.3. The SMILES string of the molecule is CN1C(=O)CN(C(=O)c2cccc(F)c2)Cc2ccccc21. The van der Waals surface area contributed by atoms with Gasteiger partial charge in [0, 0.05) is 24.8 Å². The number of nitrogens with zero attached hydrogens (tertiary/aromatic N) is 2. The summed E-state index contributed by atoms with van der Waals surface area (Å²) in [7, 11) is 1.69. The average molecular weight is 298 g/mol. The number of rotatable bonds is 1. The third-order valence-corrected chi connectivity index (χ3v) is 3.77. The average Bonchev–Trinajstić information content (AvgIpc) is 2.65. The van der Waals surface area contributed by atoms with Crippen LogP contribution in [-0.2, 0) is 11.3 Å². The number of carbonyl (C=O) groups is 2. The van der Waals surface area contributed by atoms with Gasteiger partial charge in [0.25, 0.3) is 5.91 Å². The van der Waals surface area contributed by atoms with Crippen LogP contribution in [0.25, 0.3) is 0 Å². The van der Waals surface area contributed by atoms with E-state index in [1.54, 1.807) is 18.0 Å². The molecule has 3 rings (SSSR count). The first-order valence-electron chi connectivity index (χ1n) is 6.95. The second kappa shape index (κ2) is 5.60. The molecule has 1 heterocycles. The third-order valence-electron chi connectivity index (χ3n) is 3.77. The van der Waals surface area contributed by atoms with Crippen LogP contribution in [0, 0.1) is 5.82 Å². The van der Waals surface area contributed by atoms with Gasteiger partial charge in [-0.25, -0.2) is 4.39 Å². The van der Waals surface area contributed by atoms with Crippen LogP contribution < -0.4 is 4.90 Å². The summed E-state index contributed by atoms with van der Waals surface area (Å²) >= 11 is 0. The van der Waals surface area contributed by atoms with E-state index in [1.807, 2.05) is 24.3 Å². The van der Waals surface area contributed by atoms with Crippen molar-refractivity contribution in [2.75, 3.05) is 18.5 Å². The van der Waals surface area contributed by atoms with Crippen LogP contribution in [0.3, 0.4) is 0 Å². The molecular weight excluding hydrogens is 283 g/mol. The second-order valence-electron chi connectivity index (χ2n) is 5.25. The van der Waals surface area contributed by atoms with Gasteiger partial charge in [0.15, 0.2) is 0 Å². The predicted octanol–water partition coefficient (Wildman–Crippen LogP) is 2.44. The summed E-state index contributed by atoms with van der Waals surface area (Å²) in [5.74, 6) is -0.989. The van der Waals surface area contributed by atoms with E-state index in [9.17, 15) is 14.0 Å². The summed E-state index contributed by atoms with van der Waals surface area (Å²) < 4.78 is 13.3. The summed E-state index contributed by atoms with van der Waals surface area (Å²) in [6.45, 7) is 0.294. The van der Waals surface area contributed by atoms with E-state index in [2.05, 4.69) is 0 Å². The highest BCUT2D eigenvalue weighted by atomic mass is 19.1. The lowest BCUT2D eigenvalue weighted by atomic mass is 10.1. The number of likely N-dealkylation sites (N-methyl/N-ethyl adjacent to an activating group) is 1. The van der Waals surface area contributed by atoms with Gasteiger partial charge in [-0.1, -0.05) is 24.3 Å². The molecule has 0 bridgehead atoms. The van der Waals surface area contributed by atoms with Crippen molar-refractivity contribution >= 4 is 17.5 Å². The van der Waals surface area contributed by atoms with Crippen LogP contribution in [0.5, 0.6) is 0 Å². The van der Waals surface area contributed by atoms with Gasteiger partial charge in [0.1, 0.15) is 12.4 Å². The van der Waals surface area contributed by atoms with Gasteiger partial charge in [-0.15, -0.1) is 0 Å². The Balaban J connectivity index is 1.96. The standard InChI is InChI=1S/C17H15FN2O2/c1-19-15-8-3-2-5-13(15)10-20(11-16(19)21)17(22)12-6-4-7-14(18)9-12/h2-9H,10-11H2,1H3. The van der Waals surface area contributed by atoms with E-state index in [1.165, 1.54) is 23.1 Å². The molecule has 0 radical (unpaired) electrons. The minimum absolute atomic E-state index is 0.0273. The lowest BCUT2D eigenvalue weighted by Gasteiger charge is -2.20. The zero-order valence-corrected chi connectivity index (χ0v) is 12.1. The first-order chi connectivity index (χ1) is 10.6. The van der Waals surface area contributed by atoms with Crippen LogP contribution >= 0.6 is 0 Å². The van der Waals surface area contributed by atoms with E-state index in [0.717, 1.165) is 11.3 Å². The van der Waals surface area contributed by atoms with Crippen molar-refractivity contribution in [3.8, 4) is 0 Å². The Labute approximate surface area is 127 Å². The van der Waals surface area contributed by atoms with E-state index >= 15 is 0 Å². The first-order valence-corrected chi connectivity index (χ1v) is 6.95. The van der Waals surface area contributed by atoms with Crippen LogP contribution in [0.15, 0.2) is 48.5 Å². The van der Waals surface area contributed by atoms with Gasteiger partial charge in [-0.3, -0.25) is 9.59 Å². The summed E-state index contributed by atoms with van der Waals surface area (Å²) in [4.78, 5) is 27.8. The highest BCUT2D eigenvalue weighted by Crippen LogP contribution is 2.25. The zero-order chi connectivity index (χ0) is 15.7. The molecule has 0 atom stereocenters. The Hall–Kier alpha value is -2.69. The van der Waals surface area contributed by atoms with Gasteiger partial charge in [-0.2, -0.15) is 0 Å². The van der Waals surface area contributed by atoms with Crippen LogP contribution in [-0.4, -0.2) is 30.3 Å². The molecule has 0 fully saturated rings. The molecule has 0 saturated heterocycles. The van der Waals surface area contributed by atoms with Crippen LogP contribution in [0.4, 0.5) is 10.1 Å². The molecule has 2 aromatic carbocycles. The number of hydrogen-bond acceptors (Lipinski definition) is 2. The third kappa shape index (κ3) is 2.57. The number of anilines is 1. The molecule has 2 aromatic rings. The second-order valence-corrected chi connectivity index (χ2v) is 5.25. The van der Waals surface area contributed by atoms with Gasteiger partial charge in [0.05, 0.1) is 0 Å². The number of benzene rings is 2. The quantitative estimate of drug-likeness (QED) is 0.811. The fourth-order valence-corrected chi connectivity index (χ4v) is 2.58. The largest absolute Gasteiger partial charge is 0.325 e. The van der Waals surface area contributed by atoms with E-state index < -0.39 is 5.82 Å². The minimum atomic E-state index is -0.468. The molecule has 0 aliphatic carbocycles. The number of hydrogen-bond donors (Lipinski definition) is 0. The molecule has 0 spiro atoms. The summed E-state index contributed by atoms with van der Waals surface area (Å²) in [6, 6.07) is 13.0. The molecule has 1 aliphatic heterocycles. The lowest BCUT2D eigenvalue weighted by molar-refractivity contribution is -0.118. The Kier molecular flexibility index (Phi) is 3.63. The summed E-state index contributed by atoms with van der Waals surface area (Å²) in [6.07, 6.45) is 0. The molecule has 0 aromatic heterocycles. The molecule has 0 saturated carbocycles. The highest BCUT2D eigenvalue weighted by molar-refractivity contribution is 6.01. The molecule has 22 heavy (non-hydrogen) atoms. The van der Waals surface area contributed by atoms with Crippen molar-refractivity contribution in [3.05, 3.63) is 65.5 Å².